The van der Waals surface area contributed by atoms with Gasteiger partial charge in [0.1, 0.15) is 11.5 Å². The molecule has 7 nitrogen and oxygen atoms in total. The fraction of sp³-hybridized carbons (Fsp3) is 0.435. The second kappa shape index (κ2) is 10.6. The van der Waals surface area contributed by atoms with E-state index >= 15 is 0 Å². The summed E-state index contributed by atoms with van der Waals surface area (Å²) in [4.78, 5) is 17.0. The van der Waals surface area contributed by atoms with Crippen LogP contribution in [0.15, 0.2) is 53.4 Å². The summed E-state index contributed by atoms with van der Waals surface area (Å²) in [5, 5.41) is 0. The molecule has 8 heteroatoms. The zero-order valence-electron chi connectivity index (χ0n) is 18.1. The Morgan fingerprint density at radius 1 is 0.935 bits per heavy atom. The number of piperazine rings is 1. The maximum atomic E-state index is 12.5. The predicted octanol–water partition coefficient (Wildman–Crippen LogP) is 2.60. The zero-order chi connectivity index (χ0) is 22.3. The van der Waals surface area contributed by atoms with Gasteiger partial charge in [0.05, 0.1) is 18.6 Å². The number of amides is 1. The monoisotopic (exact) mass is 446 g/mol. The summed E-state index contributed by atoms with van der Waals surface area (Å²) in [7, 11) is -1.55. The Morgan fingerprint density at radius 3 is 2.13 bits per heavy atom. The van der Waals surface area contributed by atoms with E-state index in [-0.39, 0.29) is 10.8 Å². The van der Waals surface area contributed by atoms with Crippen LogP contribution in [0.5, 0.6) is 11.5 Å². The highest BCUT2D eigenvalue weighted by Gasteiger charge is 2.20. The summed E-state index contributed by atoms with van der Waals surface area (Å²) < 4.78 is 33.8. The molecule has 168 valence electrons. The van der Waals surface area contributed by atoms with Gasteiger partial charge >= 0.3 is 0 Å². The second-order valence-electron chi connectivity index (χ2n) is 7.70. The molecule has 0 saturated carbocycles. The molecule has 1 heterocycles. The SMILES string of the molecule is COc1ccc(CN2CCN(C(=O)CCCOc3ccc(S(C)(=O)=O)cc3)CC2)cc1. The van der Waals surface area contributed by atoms with Gasteiger partial charge in [-0.25, -0.2) is 8.42 Å². The Labute approximate surface area is 184 Å². The Morgan fingerprint density at radius 2 is 1.55 bits per heavy atom. The van der Waals surface area contributed by atoms with Crippen molar-refractivity contribution in [3.05, 3.63) is 54.1 Å². The van der Waals surface area contributed by atoms with Crippen LogP contribution in [0.25, 0.3) is 0 Å². The van der Waals surface area contributed by atoms with Gasteiger partial charge in [0, 0.05) is 45.4 Å². The van der Waals surface area contributed by atoms with Gasteiger partial charge in [0.2, 0.25) is 5.91 Å². The van der Waals surface area contributed by atoms with Crippen LogP contribution in [0.1, 0.15) is 18.4 Å². The van der Waals surface area contributed by atoms with Crippen molar-refractivity contribution in [2.24, 2.45) is 0 Å². The van der Waals surface area contributed by atoms with Gasteiger partial charge in [-0.1, -0.05) is 12.1 Å². The van der Waals surface area contributed by atoms with Crippen molar-refractivity contribution in [3.8, 4) is 11.5 Å². The summed E-state index contributed by atoms with van der Waals surface area (Å²) >= 11 is 0. The quantitative estimate of drug-likeness (QED) is 0.551. The smallest absolute Gasteiger partial charge is 0.222 e. The molecule has 1 amide bonds. The molecule has 3 rings (SSSR count). The number of sulfone groups is 1. The first-order valence-corrected chi connectivity index (χ1v) is 12.3. The topological polar surface area (TPSA) is 76.2 Å². The lowest BCUT2D eigenvalue weighted by Crippen LogP contribution is -2.48. The van der Waals surface area contributed by atoms with E-state index in [4.69, 9.17) is 9.47 Å². The zero-order valence-corrected chi connectivity index (χ0v) is 18.9. The molecule has 0 radical (unpaired) electrons. The van der Waals surface area contributed by atoms with Crippen LogP contribution in [0.2, 0.25) is 0 Å². The number of carbonyl (C=O) groups is 1. The van der Waals surface area contributed by atoms with E-state index in [2.05, 4.69) is 17.0 Å². The third-order valence-electron chi connectivity index (χ3n) is 5.35. The number of nitrogens with zero attached hydrogens (tertiary/aromatic N) is 2. The normalized spacial score (nSPS) is 15.0. The van der Waals surface area contributed by atoms with Gasteiger partial charge in [-0.3, -0.25) is 9.69 Å². The van der Waals surface area contributed by atoms with Crippen molar-refractivity contribution in [3.63, 3.8) is 0 Å². The molecule has 1 fully saturated rings. The third kappa shape index (κ3) is 6.97. The van der Waals surface area contributed by atoms with Gasteiger partial charge < -0.3 is 14.4 Å². The van der Waals surface area contributed by atoms with Crippen molar-refractivity contribution in [1.29, 1.82) is 0 Å². The van der Waals surface area contributed by atoms with Crippen LogP contribution in [-0.4, -0.2) is 70.3 Å². The molecule has 31 heavy (non-hydrogen) atoms. The second-order valence-corrected chi connectivity index (χ2v) is 9.72. The summed E-state index contributed by atoms with van der Waals surface area (Å²) in [6.45, 7) is 4.49. The fourth-order valence-electron chi connectivity index (χ4n) is 3.50. The lowest BCUT2D eigenvalue weighted by Gasteiger charge is -2.34. The minimum atomic E-state index is -3.21. The molecule has 0 aliphatic carbocycles. The lowest BCUT2D eigenvalue weighted by molar-refractivity contribution is -0.133. The number of hydrogen-bond donors (Lipinski definition) is 0. The first-order valence-electron chi connectivity index (χ1n) is 10.4. The number of ether oxygens (including phenoxy) is 2. The number of benzene rings is 2. The van der Waals surface area contributed by atoms with E-state index in [0.29, 0.717) is 25.2 Å². The van der Waals surface area contributed by atoms with E-state index in [1.165, 1.54) is 24.0 Å². The minimum absolute atomic E-state index is 0.153. The molecular formula is C23H30N2O5S. The molecule has 1 aliphatic rings. The van der Waals surface area contributed by atoms with Gasteiger partial charge in [-0.15, -0.1) is 0 Å². The molecule has 0 bridgehead atoms. The van der Waals surface area contributed by atoms with Crippen LogP contribution >= 0.6 is 0 Å². The maximum absolute atomic E-state index is 12.5. The summed E-state index contributed by atoms with van der Waals surface area (Å²) in [5.74, 6) is 1.61. The number of methoxy groups -OCH3 is 1. The highest BCUT2D eigenvalue weighted by molar-refractivity contribution is 7.90. The Balaban J connectivity index is 1.34. The number of rotatable bonds is 9. The Bertz CT molecular complexity index is 950. The fourth-order valence-corrected chi connectivity index (χ4v) is 4.13. The van der Waals surface area contributed by atoms with Crippen LogP contribution in [0.3, 0.4) is 0 Å². The van der Waals surface area contributed by atoms with Crippen LogP contribution in [-0.2, 0) is 21.2 Å². The maximum Gasteiger partial charge on any atom is 0.222 e. The highest BCUT2D eigenvalue weighted by Crippen LogP contribution is 2.17. The third-order valence-corrected chi connectivity index (χ3v) is 6.47. The molecule has 0 spiro atoms. The molecule has 2 aromatic carbocycles. The average molecular weight is 447 g/mol. The van der Waals surface area contributed by atoms with E-state index in [9.17, 15) is 13.2 Å². The van der Waals surface area contributed by atoms with E-state index in [0.717, 1.165) is 38.5 Å². The first kappa shape index (κ1) is 23.1. The first-order chi connectivity index (χ1) is 14.8. The molecule has 0 aromatic heterocycles. The number of hydrogen-bond acceptors (Lipinski definition) is 6. The van der Waals surface area contributed by atoms with Crippen LogP contribution < -0.4 is 9.47 Å². The standard InChI is InChI=1S/C23H30N2O5S/c1-29-20-7-5-19(6-8-20)18-24-13-15-25(16-14-24)23(26)4-3-17-30-21-9-11-22(12-10-21)31(2,27)28/h5-12H,3-4,13-18H2,1-2H3. The van der Waals surface area contributed by atoms with Crippen molar-refractivity contribution < 1.29 is 22.7 Å². The van der Waals surface area contributed by atoms with Gasteiger partial charge in [-0.05, 0) is 48.4 Å². The van der Waals surface area contributed by atoms with Crippen LogP contribution in [0, 0.1) is 0 Å². The average Bonchev–Trinajstić information content (AvgIpc) is 2.77. The molecular weight excluding hydrogens is 416 g/mol. The van der Waals surface area contributed by atoms with E-state index < -0.39 is 9.84 Å². The van der Waals surface area contributed by atoms with Crippen LogP contribution in [0.4, 0.5) is 0 Å². The summed E-state index contributed by atoms with van der Waals surface area (Å²) in [6.07, 6.45) is 2.24. The lowest BCUT2D eigenvalue weighted by atomic mass is 10.2. The van der Waals surface area contributed by atoms with Crippen molar-refractivity contribution in [2.75, 3.05) is 46.2 Å². The van der Waals surface area contributed by atoms with E-state index in [1.807, 2.05) is 17.0 Å². The molecule has 2 aromatic rings. The van der Waals surface area contributed by atoms with Gasteiger partial charge in [-0.2, -0.15) is 0 Å². The summed E-state index contributed by atoms with van der Waals surface area (Å²) in [5.41, 5.74) is 1.24. The summed E-state index contributed by atoms with van der Waals surface area (Å²) in [6, 6.07) is 14.4. The number of carbonyl (C=O) groups excluding carboxylic acids is 1. The molecule has 0 atom stereocenters. The largest absolute Gasteiger partial charge is 0.497 e. The molecule has 0 unspecified atom stereocenters. The molecule has 0 N–H and O–H groups in total. The van der Waals surface area contributed by atoms with Crippen molar-refractivity contribution >= 4 is 15.7 Å². The predicted molar refractivity (Wildman–Crippen MR) is 119 cm³/mol. The Kier molecular flexibility index (Phi) is 7.92. The molecule has 1 saturated heterocycles. The van der Waals surface area contributed by atoms with Crippen molar-refractivity contribution in [2.45, 2.75) is 24.3 Å². The Hall–Kier alpha value is -2.58. The van der Waals surface area contributed by atoms with Crippen molar-refractivity contribution in [1.82, 2.24) is 9.80 Å². The van der Waals surface area contributed by atoms with Gasteiger partial charge in [0.15, 0.2) is 9.84 Å². The molecule has 1 aliphatic heterocycles. The van der Waals surface area contributed by atoms with E-state index in [1.54, 1.807) is 19.2 Å². The van der Waals surface area contributed by atoms with Gasteiger partial charge in [0.25, 0.3) is 0 Å². The highest BCUT2D eigenvalue weighted by atomic mass is 32.2. The minimum Gasteiger partial charge on any atom is -0.497 e.